The number of carbonyl (C=O) groups is 7. The van der Waals surface area contributed by atoms with Crippen molar-refractivity contribution in [3.05, 3.63) is 141 Å². The number of Topliss-reactive ketones (excluding diaryl/α,β-unsaturated/α-hetero) is 3. The second-order valence-corrected chi connectivity index (χ2v) is 25.3. The molecule has 4 aromatic carbocycles. The SMILES string of the molecule is CN[C@@H](C)C(=O)C[C@H](C(=O)N1Cc2cc(CC(=O)c3cccc(CO[C@H]4C[C@@H](C(=O)N[C@@H]5CCCc6ccccc65)N(C(=O)[C@@H](CC(=O)[C@H](C)NC)C(C)(C)C)C4)c3)ccc2C[C@H]1C(=O)N[C@@H]1CCCc2ccccc21)C(C)(C)C. The van der Waals surface area contributed by atoms with Gasteiger partial charge < -0.3 is 35.8 Å². The van der Waals surface area contributed by atoms with E-state index in [4.69, 9.17) is 4.74 Å². The third kappa shape index (κ3) is 14.0. The number of nitrogens with zero attached hydrogens (tertiary/aromatic N) is 2. The van der Waals surface area contributed by atoms with Gasteiger partial charge in [0, 0.05) is 62.6 Å². The van der Waals surface area contributed by atoms with E-state index in [-0.39, 0.29) is 105 Å². The predicted octanol–water partition coefficient (Wildman–Crippen LogP) is 8.70. The first-order valence-corrected chi connectivity index (χ1v) is 29.2. The maximum Gasteiger partial charge on any atom is 0.243 e. The zero-order valence-electron chi connectivity index (χ0n) is 48.9. The van der Waals surface area contributed by atoms with Crippen molar-refractivity contribution >= 4 is 41.0 Å². The Morgan fingerprint density at radius 3 is 1.69 bits per heavy atom. The summed E-state index contributed by atoms with van der Waals surface area (Å²) in [7, 11) is 3.45. The van der Waals surface area contributed by atoms with Crippen LogP contribution >= 0.6 is 0 Å². The predicted molar refractivity (Wildman–Crippen MR) is 310 cm³/mol. The summed E-state index contributed by atoms with van der Waals surface area (Å²) < 4.78 is 6.56. The van der Waals surface area contributed by atoms with Gasteiger partial charge in [0.1, 0.15) is 23.7 Å². The molecular formula is C66H86N6O8. The molecule has 2 aliphatic heterocycles. The molecule has 14 heteroatoms. The zero-order chi connectivity index (χ0) is 57.6. The third-order valence-corrected chi connectivity index (χ3v) is 17.6. The molecular weight excluding hydrogens is 1000 g/mol. The van der Waals surface area contributed by atoms with Crippen molar-refractivity contribution in [1.82, 2.24) is 31.1 Å². The lowest BCUT2D eigenvalue weighted by Gasteiger charge is -2.41. The monoisotopic (exact) mass is 1090 g/mol. The van der Waals surface area contributed by atoms with Crippen LogP contribution in [0.15, 0.2) is 91.0 Å². The van der Waals surface area contributed by atoms with Gasteiger partial charge in [0.15, 0.2) is 5.78 Å². The Labute approximate surface area is 474 Å². The number of hydrogen-bond donors (Lipinski definition) is 4. The van der Waals surface area contributed by atoms with Crippen LogP contribution in [0.25, 0.3) is 0 Å². The van der Waals surface area contributed by atoms with Gasteiger partial charge in [-0.2, -0.15) is 0 Å². The summed E-state index contributed by atoms with van der Waals surface area (Å²) >= 11 is 0. The number of nitrogens with one attached hydrogen (secondary N) is 4. The van der Waals surface area contributed by atoms with Crippen LogP contribution in [0.2, 0.25) is 0 Å². The molecule has 9 atom stereocenters. The number of amides is 4. The zero-order valence-corrected chi connectivity index (χ0v) is 48.9. The van der Waals surface area contributed by atoms with Crippen molar-refractivity contribution in [3.8, 4) is 0 Å². The van der Waals surface area contributed by atoms with Gasteiger partial charge in [-0.25, -0.2) is 0 Å². The number of likely N-dealkylation sites (tertiary alicyclic amines) is 1. The van der Waals surface area contributed by atoms with E-state index in [1.807, 2.05) is 102 Å². The Kier molecular flexibility index (Phi) is 19.1. The first-order chi connectivity index (χ1) is 38.0. The highest BCUT2D eigenvalue weighted by molar-refractivity contribution is 5.98. The average Bonchev–Trinajstić information content (AvgIpc) is 3.92. The Balaban J connectivity index is 0.982. The number of aryl methyl sites for hydroxylation is 2. The average molecular weight is 1090 g/mol. The molecule has 0 bridgehead atoms. The summed E-state index contributed by atoms with van der Waals surface area (Å²) in [6.07, 6.45) is 5.59. The van der Waals surface area contributed by atoms with Crippen LogP contribution in [0, 0.1) is 22.7 Å². The molecule has 4 aliphatic rings. The largest absolute Gasteiger partial charge is 0.372 e. The summed E-state index contributed by atoms with van der Waals surface area (Å²) in [6.45, 7) is 15.8. The van der Waals surface area contributed by atoms with Crippen molar-refractivity contribution in [2.24, 2.45) is 22.7 Å². The van der Waals surface area contributed by atoms with Gasteiger partial charge in [0.05, 0.1) is 36.9 Å². The highest BCUT2D eigenvalue weighted by Crippen LogP contribution is 2.38. The molecule has 4 N–H and O–H groups in total. The molecule has 2 aliphatic carbocycles. The van der Waals surface area contributed by atoms with Crippen LogP contribution < -0.4 is 21.3 Å². The van der Waals surface area contributed by atoms with Crippen LogP contribution in [0.4, 0.5) is 0 Å². The summed E-state index contributed by atoms with van der Waals surface area (Å²) in [4.78, 5) is 103. The summed E-state index contributed by atoms with van der Waals surface area (Å²) in [6, 6.07) is 26.7. The number of fused-ring (bicyclic) bond motifs is 3. The number of rotatable bonds is 20. The molecule has 80 heavy (non-hydrogen) atoms. The molecule has 0 radical (unpaired) electrons. The van der Waals surface area contributed by atoms with E-state index in [0.717, 1.165) is 71.9 Å². The number of ether oxygens (including phenoxy) is 1. The number of benzene rings is 4. The normalized spacial score (nSPS) is 21.4. The topological polar surface area (TPSA) is 183 Å². The minimum Gasteiger partial charge on any atom is -0.372 e. The summed E-state index contributed by atoms with van der Waals surface area (Å²) in [5.74, 6) is -2.56. The van der Waals surface area contributed by atoms with E-state index in [2.05, 4.69) is 45.5 Å². The molecule has 0 spiro atoms. The van der Waals surface area contributed by atoms with E-state index < -0.39 is 52.9 Å². The van der Waals surface area contributed by atoms with Crippen LogP contribution in [0.1, 0.15) is 167 Å². The van der Waals surface area contributed by atoms with E-state index in [1.165, 1.54) is 11.1 Å². The molecule has 428 valence electrons. The number of carbonyl (C=O) groups excluding carboxylic acids is 7. The van der Waals surface area contributed by atoms with Crippen LogP contribution in [-0.2, 0) is 72.3 Å². The van der Waals surface area contributed by atoms with Gasteiger partial charge in [0.25, 0.3) is 0 Å². The van der Waals surface area contributed by atoms with E-state index >= 15 is 4.79 Å². The van der Waals surface area contributed by atoms with Crippen molar-refractivity contribution in [1.29, 1.82) is 0 Å². The molecule has 8 rings (SSSR count). The fourth-order valence-electron chi connectivity index (χ4n) is 12.3. The minimum absolute atomic E-state index is 0.0290. The fourth-order valence-corrected chi connectivity index (χ4v) is 12.3. The molecule has 0 saturated carbocycles. The van der Waals surface area contributed by atoms with Gasteiger partial charge in [0.2, 0.25) is 23.6 Å². The first kappa shape index (κ1) is 59.8. The number of ketones is 3. The molecule has 14 nitrogen and oxygen atoms in total. The van der Waals surface area contributed by atoms with Gasteiger partial charge in [-0.05, 0) is 128 Å². The third-order valence-electron chi connectivity index (χ3n) is 17.6. The lowest BCUT2D eigenvalue weighted by molar-refractivity contribution is -0.149. The highest BCUT2D eigenvalue weighted by atomic mass is 16.5. The highest BCUT2D eigenvalue weighted by Gasteiger charge is 2.47. The molecule has 0 aromatic heterocycles. The Morgan fingerprint density at radius 1 is 0.600 bits per heavy atom. The number of hydrogen-bond acceptors (Lipinski definition) is 10. The lowest BCUT2D eigenvalue weighted by atomic mass is 9.75. The summed E-state index contributed by atoms with van der Waals surface area (Å²) in [5.41, 5.74) is 7.29. The van der Waals surface area contributed by atoms with Crippen LogP contribution in [-0.4, -0.2) is 102 Å². The molecule has 1 fully saturated rings. The molecule has 0 unspecified atom stereocenters. The first-order valence-electron chi connectivity index (χ1n) is 29.2. The second-order valence-electron chi connectivity index (χ2n) is 25.3. The smallest absolute Gasteiger partial charge is 0.243 e. The van der Waals surface area contributed by atoms with Gasteiger partial charge in [-0.1, -0.05) is 126 Å². The van der Waals surface area contributed by atoms with Crippen molar-refractivity contribution in [2.75, 3.05) is 20.6 Å². The van der Waals surface area contributed by atoms with Crippen molar-refractivity contribution in [3.63, 3.8) is 0 Å². The van der Waals surface area contributed by atoms with Crippen LogP contribution in [0.5, 0.6) is 0 Å². The van der Waals surface area contributed by atoms with Crippen LogP contribution in [0.3, 0.4) is 0 Å². The lowest BCUT2D eigenvalue weighted by Crippen LogP contribution is -2.56. The minimum atomic E-state index is -0.808. The van der Waals surface area contributed by atoms with E-state index in [0.29, 0.717) is 5.56 Å². The molecule has 4 aromatic rings. The number of likely N-dealkylation sites (N-methyl/N-ethyl adjacent to an activating group) is 2. The van der Waals surface area contributed by atoms with Crippen molar-refractivity contribution < 1.29 is 38.3 Å². The maximum atomic E-state index is 15.0. The molecule has 1 saturated heterocycles. The Morgan fingerprint density at radius 2 is 1.14 bits per heavy atom. The fraction of sp³-hybridized carbons (Fsp3) is 0.530. The van der Waals surface area contributed by atoms with Gasteiger partial charge in [-0.3, -0.25) is 33.6 Å². The Hall–Kier alpha value is -6.35. The second kappa shape index (κ2) is 25.6. The van der Waals surface area contributed by atoms with Gasteiger partial charge >= 0.3 is 0 Å². The van der Waals surface area contributed by atoms with E-state index in [1.54, 1.807) is 43.8 Å². The molecule has 2 heterocycles. The quantitative estimate of drug-likeness (QED) is 0.0625. The maximum absolute atomic E-state index is 15.0. The Bertz CT molecular complexity index is 2940. The summed E-state index contributed by atoms with van der Waals surface area (Å²) in [5, 5.41) is 12.7. The van der Waals surface area contributed by atoms with E-state index in [9.17, 15) is 28.8 Å². The van der Waals surface area contributed by atoms with Gasteiger partial charge in [-0.15, -0.1) is 0 Å². The molecule has 4 amide bonds. The standard InChI is InChI=1S/C66H86N6O8/c1-40(67-9)58(73)35-52(65(3,4)5)63(78)71-37-48-30-42(28-29-46(48)33-56(71)61(76)69-54-26-16-21-44-19-11-13-24-50(44)54)32-60(75)47-23-15-18-43(31-47)39-80-49-34-57(62(77)70-55-27-17-22-45-20-12-14-25-51(45)55)72(38-49)64(79)53(66(6,7)8)36-59(74)41(2)68-10/h11-15,18-20,23-25,28-31,40-41,49,52-57,67-68H,16-17,21-22,26-27,32-39H2,1-10H3,(H,69,76)(H,70,77)/t40-,41-,49-,52+,53+,54+,55+,56-,57-/m0/s1. The van der Waals surface area contributed by atoms with Crippen molar-refractivity contribution in [2.45, 2.75) is 182 Å².